The minimum absolute atomic E-state index is 0.0495. The maximum Gasteiger partial charge on any atom is 0.242 e. The van der Waals surface area contributed by atoms with Gasteiger partial charge < -0.3 is 15.2 Å². The molecule has 2 rings (SSSR count). The second-order valence-electron chi connectivity index (χ2n) is 7.23. The van der Waals surface area contributed by atoms with Crippen LogP contribution in [0.3, 0.4) is 0 Å². The molecular weight excluding hydrogens is 350 g/mol. The van der Waals surface area contributed by atoms with Crippen molar-refractivity contribution in [1.82, 2.24) is 25.4 Å². The number of aromatic nitrogens is 3. The predicted octanol–water partition coefficient (Wildman–Crippen LogP) is 2.32. The van der Waals surface area contributed by atoms with Gasteiger partial charge in [0, 0.05) is 25.9 Å². The van der Waals surface area contributed by atoms with Crippen LogP contribution in [0.15, 0.2) is 5.16 Å². The lowest BCUT2D eigenvalue weighted by Crippen LogP contribution is -2.49. The third-order valence-electron chi connectivity index (χ3n) is 4.79. The van der Waals surface area contributed by atoms with Gasteiger partial charge in [-0.05, 0) is 31.4 Å². The van der Waals surface area contributed by atoms with E-state index in [0.717, 1.165) is 23.8 Å². The molecular formula is C18H31N5O2S. The van der Waals surface area contributed by atoms with Gasteiger partial charge in [-0.25, -0.2) is 0 Å². The third kappa shape index (κ3) is 5.46. The number of thioether (sulfide) groups is 1. The first-order valence-corrected chi connectivity index (χ1v) is 10.7. The first-order valence-electron chi connectivity index (χ1n) is 9.46. The van der Waals surface area contributed by atoms with Crippen molar-refractivity contribution in [3.8, 4) is 0 Å². The average molecular weight is 382 g/mol. The van der Waals surface area contributed by atoms with Crippen molar-refractivity contribution >= 4 is 23.6 Å². The zero-order chi connectivity index (χ0) is 19.1. The van der Waals surface area contributed by atoms with Crippen molar-refractivity contribution in [2.45, 2.75) is 76.5 Å². The standard InChI is InChI=1S/C18H31N5O2S/c1-12(2)16(20-13(3)24)17(25)19-11-7-10-15-21-22-18(26-4)23(15)14-8-5-6-9-14/h12,14,16H,5-11H2,1-4H3,(H,19,25)(H,20,24). The molecule has 0 spiro atoms. The predicted molar refractivity (Wildman–Crippen MR) is 103 cm³/mol. The fraction of sp³-hybridized carbons (Fsp3) is 0.778. The van der Waals surface area contributed by atoms with Gasteiger partial charge in [0.1, 0.15) is 11.9 Å². The van der Waals surface area contributed by atoms with Gasteiger partial charge in [0.05, 0.1) is 0 Å². The summed E-state index contributed by atoms with van der Waals surface area (Å²) in [7, 11) is 0. The van der Waals surface area contributed by atoms with Gasteiger partial charge >= 0.3 is 0 Å². The van der Waals surface area contributed by atoms with Crippen LogP contribution in [0.2, 0.25) is 0 Å². The Morgan fingerprint density at radius 1 is 1.27 bits per heavy atom. The van der Waals surface area contributed by atoms with Crippen LogP contribution in [0.25, 0.3) is 0 Å². The van der Waals surface area contributed by atoms with E-state index in [0.29, 0.717) is 12.6 Å². The van der Waals surface area contributed by atoms with E-state index in [1.54, 1.807) is 11.8 Å². The molecule has 1 aromatic heterocycles. The number of aryl methyl sites for hydroxylation is 1. The zero-order valence-electron chi connectivity index (χ0n) is 16.2. The molecule has 1 aromatic rings. The minimum Gasteiger partial charge on any atom is -0.354 e. The molecule has 1 fully saturated rings. The van der Waals surface area contributed by atoms with E-state index < -0.39 is 6.04 Å². The number of nitrogens with zero attached hydrogens (tertiary/aromatic N) is 3. The second-order valence-corrected chi connectivity index (χ2v) is 8.00. The summed E-state index contributed by atoms with van der Waals surface area (Å²) in [5, 5.41) is 15.3. The number of hydrogen-bond donors (Lipinski definition) is 2. The number of hydrogen-bond acceptors (Lipinski definition) is 5. The maximum atomic E-state index is 12.3. The Morgan fingerprint density at radius 2 is 1.96 bits per heavy atom. The van der Waals surface area contributed by atoms with Crippen LogP contribution in [-0.2, 0) is 16.0 Å². The highest BCUT2D eigenvalue weighted by Gasteiger charge is 2.24. The van der Waals surface area contributed by atoms with E-state index in [2.05, 4.69) is 25.4 Å². The quantitative estimate of drug-likeness (QED) is 0.506. The molecule has 1 saturated carbocycles. The summed E-state index contributed by atoms with van der Waals surface area (Å²) in [5.41, 5.74) is 0. The topological polar surface area (TPSA) is 88.9 Å². The Labute approximate surface area is 160 Å². The molecule has 0 saturated heterocycles. The highest BCUT2D eigenvalue weighted by molar-refractivity contribution is 7.98. The molecule has 2 amide bonds. The van der Waals surface area contributed by atoms with Gasteiger partial charge in [0.25, 0.3) is 0 Å². The van der Waals surface area contributed by atoms with Crippen LogP contribution in [0, 0.1) is 5.92 Å². The lowest BCUT2D eigenvalue weighted by molar-refractivity contribution is -0.129. The van der Waals surface area contributed by atoms with Gasteiger partial charge in [-0.3, -0.25) is 9.59 Å². The smallest absolute Gasteiger partial charge is 0.242 e. The summed E-state index contributed by atoms with van der Waals surface area (Å²) in [5.74, 6) is 0.747. The van der Waals surface area contributed by atoms with Crippen LogP contribution in [0.5, 0.6) is 0 Å². The molecule has 26 heavy (non-hydrogen) atoms. The van der Waals surface area contributed by atoms with Crippen LogP contribution >= 0.6 is 11.8 Å². The highest BCUT2D eigenvalue weighted by atomic mass is 32.2. The second kappa shape index (κ2) is 9.94. The summed E-state index contributed by atoms with van der Waals surface area (Å²) in [4.78, 5) is 23.6. The number of carbonyl (C=O) groups excluding carboxylic acids is 2. The van der Waals surface area contributed by atoms with Gasteiger partial charge in [-0.15, -0.1) is 10.2 Å². The molecule has 0 aromatic carbocycles. The highest BCUT2D eigenvalue weighted by Crippen LogP contribution is 2.33. The van der Waals surface area contributed by atoms with Crippen LogP contribution < -0.4 is 10.6 Å². The van der Waals surface area contributed by atoms with E-state index >= 15 is 0 Å². The van der Waals surface area contributed by atoms with Crippen LogP contribution in [0.4, 0.5) is 0 Å². The Bertz CT molecular complexity index is 611. The Hall–Kier alpha value is -1.57. The maximum absolute atomic E-state index is 12.3. The van der Waals surface area contributed by atoms with E-state index in [1.165, 1.54) is 32.6 Å². The molecule has 8 heteroatoms. The SMILES string of the molecule is CSc1nnc(CCCNC(=O)C(NC(C)=O)C(C)C)n1C1CCCC1. The van der Waals surface area contributed by atoms with Crippen molar-refractivity contribution in [3.05, 3.63) is 5.82 Å². The summed E-state index contributed by atoms with van der Waals surface area (Å²) < 4.78 is 2.30. The number of rotatable bonds is 9. The fourth-order valence-corrected chi connectivity index (χ4v) is 4.04. The van der Waals surface area contributed by atoms with Gasteiger partial charge in [0.15, 0.2) is 5.16 Å². The first-order chi connectivity index (χ1) is 12.4. The Kier molecular flexibility index (Phi) is 7.93. The summed E-state index contributed by atoms with van der Waals surface area (Å²) in [6.45, 7) is 5.85. The Balaban J connectivity index is 1.87. The van der Waals surface area contributed by atoms with Gasteiger partial charge in [-0.2, -0.15) is 0 Å². The lowest BCUT2D eigenvalue weighted by Gasteiger charge is -2.21. The summed E-state index contributed by atoms with van der Waals surface area (Å²) in [6, 6.07) is 0.0277. The third-order valence-corrected chi connectivity index (χ3v) is 5.44. The monoisotopic (exact) mass is 381 g/mol. The molecule has 1 aliphatic rings. The van der Waals surface area contributed by atoms with Crippen molar-refractivity contribution in [1.29, 1.82) is 0 Å². The molecule has 0 radical (unpaired) electrons. The molecule has 2 N–H and O–H groups in total. The van der Waals surface area contributed by atoms with Crippen LogP contribution in [0.1, 0.15) is 64.7 Å². The van der Waals surface area contributed by atoms with Crippen molar-refractivity contribution in [2.24, 2.45) is 5.92 Å². The number of carbonyl (C=O) groups is 2. The number of amides is 2. The van der Waals surface area contributed by atoms with E-state index in [4.69, 9.17) is 0 Å². The molecule has 0 bridgehead atoms. The van der Waals surface area contributed by atoms with Crippen molar-refractivity contribution < 1.29 is 9.59 Å². The molecule has 1 heterocycles. The van der Waals surface area contributed by atoms with Crippen LogP contribution in [-0.4, -0.2) is 45.4 Å². The van der Waals surface area contributed by atoms with E-state index in [-0.39, 0.29) is 17.7 Å². The van der Waals surface area contributed by atoms with Gasteiger partial charge in [-0.1, -0.05) is 38.5 Å². The van der Waals surface area contributed by atoms with Crippen molar-refractivity contribution in [2.75, 3.05) is 12.8 Å². The zero-order valence-corrected chi connectivity index (χ0v) is 17.1. The largest absolute Gasteiger partial charge is 0.354 e. The molecule has 1 aliphatic carbocycles. The fourth-order valence-electron chi connectivity index (χ4n) is 3.47. The average Bonchev–Trinajstić information content (AvgIpc) is 3.24. The first kappa shape index (κ1) is 20.7. The lowest BCUT2D eigenvalue weighted by atomic mass is 10.0. The van der Waals surface area contributed by atoms with E-state index in [1.807, 2.05) is 20.1 Å². The minimum atomic E-state index is -0.488. The molecule has 1 unspecified atom stereocenters. The molecule has 146 valence electrons. The van der Waals surface area contributed by atoms with Gasteiger partial charge in [0.2, 0.25) is 11.8 Å². The number of nitrogens with one attached hydrogen (secondary N) is 2. The normalized spacial score (nSPS) is 16.0. The summed E-state index contributed by atoms with van der Waals surface area (Å²) >= 11 is 1.64. The molecule has 0 aliphatic heterocycles. The van der Waals surface area contributed by atoms with E-state index in [9.17, 15) is 9.59 Å². The Morgan fingerprint density at radius 3 is 2.54 bits per heavy atom. The summed E-state index contributed by atoms with van der Waals surface area (Å²) in [6.07, 6.45) is 8.56. The van der Waals surface area contributed by atoms with Crippen molar-refractivity contribution in [3.63, 3.8) is 0 Å². The molecule has 1 atom stereocenters. The molecule has 7 nitrogen and oxygen atoms in total.